The lowest BCUT2D eigenvalue weighted by atomic mass is 9.76. The highest BCUT2D eigenvalue weighted by atomic mass is 32.2. The average molecular weight is 641 g/mol. The Bertz CT molecular complexity index is 2620. The lowest BCUT2D eigenvalue weighted by Gasteiger charge is -2.36. The maximum Gasteiger partial charge on any atom is 0.307 e. The van der Waals surface area contributed by atoms with Gasteiger partial charge in [0.25, 0.3) is 0 Å². The zero-order valence-corrected chi connectivity index (χ0v) is 28.9. The first-order valence-corrected chi connectivity index (χ1v) is 17.5. The highest BCUT2D eigenvalue weighted by molar-refractivity contribution is 7.99. The number of aryl methyl sites for hydroxylation is 4. The molecule has 0 aliphatic carbocycles. The predicted octanol–water partition coefficient (Wildman–Crippen LogP) is 12.3. The number of fused-ring (bicyclic) bond motifs is 7. The second-order valence-electron chi connectivity index (χ2n) is 13.8. The Morgan fingerprint density at radius 3 is 2.00 bits per heavy atom. The minimum Gasteiger partial charge on any atom is -0.422 e. The molecule has 0 spiro atoms. The smallest absolute Gasteiger partial charge is 0.307 e. The Balaban J connectivity index is 1.21. The number of benzene rings is 6. The van der Waals surface area contributed by atoms with E-state index >= 15 is 0 Å². The summed E-state index contributed by atoms with van der Waals surface area (Å²) in [6, 6.07) is 40.0. The van der Waals surface area contributed by atoms with E-state index in [1.165, 1.54) is 65.4 Å². The number of hydrogen-bond acceptors (Lipinski definition) is 3. The lowest BCUT2D eigenvalue weighted by molar-refractivity contribution is 0.607. The van der Waals surface area contributed by atoms with E-state index in [9.17, 15) is 0 Å². The summed E-state index contributed by atoms with van der Waals surface area (Å²) in [5.41, 5.74) is 19.0. The Labute approximate surface area is 285 Å². The van der Waals surface area contributed by atoms with Crippen LogP contribution in [0.15, 0.2) is 123 Å². The molecule has 1 aliphatic heterocycles. The summed E-state index contributed by atoms with van der Waals surface area (Å²) in [5.74, 6) is 0.624. The van der Waals surface area contributed by atoms with Gasteiger partial charge in [-0.3, -0.25) is 4.40 Å². The Kier molecular flexibility index (Phi) is 6.35. The number of nitrogens with zero attached hydrogens (tertiary/aromatic N) is 2. The third-order valence-electron chi connectivity index (χ3n) is 10.5. The van der Waals surface area contributed by atoms with Gasteiger partial charge in [-0.2, -0.15) is 4.98 Å². The summed E-state index contributed by atoms with van der Waals surface area (Å²) >= 11 is 1.92. The van der Waals surface area contributed by atoms with Gasteiger partial charge in [-0.25, -0.2) is 0 Å². The fraction of sp³-hybridized carbons (Fsp3) is 0.159. The molecular formula is C44H36N2OS. The van der Waals surface area contributed by atoms with Crippen LogP contribution in [0.5, 0.6) is 0 Å². The summed E-state index contributed by atoms with van der Waals surface area (Å²) in [7, 11) is 0. The molecule has 0 atom stereocenters. The van der Waals surface area contributed by atoms with Crippen LogP contribution in [0.2, 0.25) is 0 Å². The molecule has 0 unspecified atom stereocenters. The zero-order chi connectivity index (χ0) is 32.9. The predicted molar refractivity (Wildman–Crippen MR) is 200 cm³/mol. The molecule has 0 bridgehead atoms. The largest absolute Gasteiger partial charge is 0.422 e. The maximum atomic E-state index is 6.54. The van der Waals surface area contributed by atoms with Crippen molar-refractivity contribution in [3.8, 4) is 33.4 Å². The van der Waals surface area contributed by atoms with E-state index in [1.54, 1.807) is 0 Å². The topological polar surface area (TPSA) is 30.4 Å². The lowest BCUT2D eigenvalue weighted by Crippen LogP contribution is -2.24. The van der Waals surface area contributed by atoms with E-state index in [4.69, 9.17) is 9.40 Å². The van der Waals surface area contributed by atoms with Crippen molar-refractivity contribution in [2.24, 2.45) is 0 Å². The third-order valence-corrected chi connectivity index (χ3v) is 11.7. The number of para-hydroxylation sites is 2. The summed E-state index contributed by atoms with van der Waals surface area (Å²) in [4.78, 5) is 7.52. The molecule has 0 N–H and O–H groups in total. The molecule has 0 amide bonds. The molecule has 234 valence electrons. The molecule has 0 radical (unpaired) electrons. The number of oxazole rings is 1. The molecule has 2 aromatic heterocycles. The first kappa shape index (κ1) is 29.1. The number of aromatic nitrogens is 2. The number of hydrogen-bond donors (Lipinski definition) is 0. The van der Waals surface area contributed by atoms with Crippen molar-refractivity contribution in [1.82, 2.24) is 9.38 Å². The van der Waals surface area contributed by atoms with Gasteiger partial charge < -0.3 is 4.42 Å². The van der Waals surface area contributed by atoms with Gasteiger partial charge in [0.15, 0.2) is 5.58 Å². The molecule has 0 saturated heterocycles. The van der Waals surface area contributed by atoms with Crippen molar-refractivity contribution in [1.29, 1.82) is 0 Å². The van der Waals surface area contributed by atoms with Crippen molar-refractivity contribution in [2.45, 2.75) is 56.7 Å². The van der Waals surface area contributed by atoms with Crippen LogP contribution in [0.3, 0.4) is 0 Å². The van der Waals surface area contributed by atoms with Crippen molar-refractivity contribution in [3.63, 3.8) is 0 Å². The zero-order valence-electron chi connectivity index (χ0n) is 28.1. The van der Waals surface area contributed by atoms with Gasteiger partial charge >= 0.3 is 5.84 Å². The fourth-order valence-corrected chi connectivity index (χ4v) is 9.42. The molecule has 1 aliphatic rings. The minimum absolute atomic E-state index is 0.0728. The average Bonchev–Trinajstić information content (AvgIpc) is 3.62. The Hall–Kier alpha value is -5.06. The Morgan fingerprint density at radius 1 is 0.604 bits per heavy atom. The van der Waals surface area contributed by atoms with Crippen LogP contribution in [0.25, 0.3) is 61.4 Å². The second-order valence-corrected chi connectivity index (χ2v) is 14.9. The van der Waals surface area contributed by atoms with Gasteiger partial charge in [0, 0.05) is 20.8 Å². The molecular weight excluding hydrogens is 605 g/mol. The van der Waals surface area contributed by atoms with Gasteiger partial charge in [-0.05, 0) is 125 Å². The van der Waals surface area contributed by atoms with Crippen LogP contribution in [-0.2, 0) is 5.41 Å². The molecule has 3 heterocycles. The van der Waals surface area contributed by atoms with Crippen LogP contribution in [0.4, 0.5) is 0 Å². The van der Waals surface area contributed by atoms with Gasteiger partial charge in [-0.1, -0.05) is 98.4 Å². The van der Waals surface area contributed by atoms with Crippen LogP contribution in [0.1, 0.15) is 47.2 Å². The van der Waals surface area contributed by atoms with Crippen LogP contribution in [-0.4, -0.2) is 9.38 Å². The van der Waals surface area contributed by atoms with E-state index in [2.05, 4.69) is 143 Å². The van der Waals surface area contributed by atoms with Crippen molar-refractivity contribution < 1.29 is 4.42 Å². The van der Waals surface area contributed by atoms with Gasteiger partial charge in [-0.15, -0.1) is 0 Å². The normalized spacial score (nSPS) is 13.7. The summed E-state index contributed by atoms with van der Waals surface area (Å²) in [6.45, 7) is 13.6. The van der Waals surface area contributed by atoms with Gasteiger partial charge in [0.05, 0.1) is 16.6 Å². The molecule has 48 heavy (non-hydrogen) atoms. The second kappa shape index (κ2) is 10.5. The van der Waals surface area contributed by atoms with Crippen molar-refractivity contribution in [3.05, 3.63) is 143 Å². The molecule has 3 nitrogen and oxygen atoms in total. The number of imidazole rings is 1. The van der Waals surface area contributed by atoms with Gasteiger partial charge in [0.1, 0.15) is 0 Å². The van der Waals surface area contributed by atoms with E-state index in [1.807, 2.05) is 23.9 Å². The standard InChI is InChI=1S/C44H36N2OS/c1-25-15-19-29(39-27(3)18-22-37-41(39)47-43-45-35-12-8-9-13-36(35)46(37)43)23-31(25)32-24-30(20-16-26(32)2)40-28(4)17-21-34-42(40)48-38-14-10-7-11-33(38)44(34,5)6/h7-24H,1-6H3. The molecule has 9 rings (SSSR count). The molecule has 8 aromatic rings. The van der Waals surface area contributed by atoms with E-state index in [0.717, 1.165) is 33.3 Å². The summed E-state index contributed by atoms with van der Waals surface area (Å²) in [6.07, 6.45) is 0. The van der Waals surface area contributed by atoms with E-state index < -0.39 is 0 Å². The highest BCUT2D eigenvalue weighted by Gasteiger charge is 2.34. The molecule has 0 fully saturated rings. The first-order valence-electron chi connectivity index (χ1n) is 16.6. The third kappa shape index (κ3) is 4.18. The molecule has 4 heteroatoms. The Morgan fingerprint density at radius 2 is 1.23 bits per heavy atom. The van der Waals surface area contributed by atoms with Crippen molar-refractivity contribution in [2.75, 3.05) is 0 Å². The highest BCUT2D eigenvalue weighted by Crippen LogP contribution is 2.53. The quantitative estimate of drug-likeness (QED) is 0.192. The number of rotatable bonds is 3. The van der Waals surface area contributed by atoms with Crippen LogP contribution in [0, 0.1) is 27.7 Å². The minimum atomic E-state index is -0.0728. The van der Waals surface area contributed by atoms with E-state index in [0.29, 0.717) is 5.84 Å². The SMILES string of the molecule is Cc1ccc(-c2c(C)ccc3c2Sc2ccccc2C3(C)C)cc1-c1cc(-c2c(C)ccc3c2oc2nc4ccccc4n23)ccc1C. The maximum absolute atomic E-state index is 6.54. The van der Waals surface area contributed by atoms with Crippen LogP contribution < -0.4 is 0 Å². The first-order chi connectivity index (χ1) is 23.2. The monoisotopic (exact) mass is 640 g/mol. The van der Waals surface area contributed by atoms with E-state index in [-0.39, 0.29) is 5.41 Å². The van der Waals surface area contributed by atoms with Crippen molar-refractivity contribution >= 4 is 39.7 Å². The molecule has 6 aromatic carbocycles. The molecule has 0 saturated carbocycles. The summed E-state index contributed by atoms with van der Waals surface area (Å²) in [5, 5.41) is 0. The fourth-order valence-electron chi connectivity index (χ4n) is 7.81. The summed E-state index contributed by atoms with van der Waals surface area (Å²) < 4.78 is 8.67. The van der Waals surface area contributed by atoms with Gasteiger partial charge in [0.2, 0.25) is 0 Å². The van der Waals surface area contributed by atoms with Crippen LogP contribution >= 0.6 is 11.8 Å².